The van der Waals surface area contributed by atoms with Gasteiger partial charge in [0.1, 0.15) is 30.4 Å². The number of ether oxygens (including phenoxy) is 2. The van der Waals surface area contributed by atoms with Crippen molar-refractivity contribution in [2.45, 2.75) is 24.9 Å². The molecule has 10 nitrogen and oxygen atoms in total. The summed E-state index contributed by atoms with van der Waals surface area (Å²) in [5.41, 5.74) is 1.79. The molecule has 2 saturated heterocycles. The quantitative estimate of drug-likeness (QED) is 0.426. The van der Waals surface area contributed by atoms with Gasteiger partial charge < -0.3 is 29.7 Å². The molecule has 0 atom stereocenters. The van der Waals surface area contributed by atoms with Gasteiger partial charge in [0.25, 0.3) is 0 Å². The fraction of sp³-hybridized carbons (Fsp3) is 0.458. The van der Waals surface area contributed by atoms with Crippen LogP contribution in [0, 0.1) is 11.3 Å². The van der Waals surface area contributed by atoms with Crippen LogP contribution in [-0.4, -0.2) is 77.7 Å². The molecule has 1 aromatic carbocycles. The number of nitrogens with one attached hydrogen (secondary N) is 3. The smallest absolute Gasteiger partial charge is 0.231 e. The van der Waals surface area contributed by atoms with E-state index in [9.17, 15) is 9.83 Å². The van der Waals surface area contributed by atoms with Gasteiger partial charge in [-0.2, -0.15) is 15.2 Å². The summed E-state index contributed by atoms with van der Waals surface area (Å²) in [5.74, 6) is 1.62. The zero-order chi connectivity index (χ0) is 24.0. The molecule has 4 heterocycles. The fourth-order valence-corrected chi connectivity index (χ4v) is 7.32. The zero-order valence-corrected chi connectivity index (χ0v) is 20.5. The van der Waals surface area contributed by atoms with E-state index in [1.807, 2.05) is 18.2 Å². The second-order valence-corrected chi connectivity index (χ2v) is 12.6. The summed E-state index contributed by atoms with van der Waals surface area (Å²) in [6.45, 7) is 3.23. The van der Waals surface area contributed by atoms with E-state index in [1.165, 1.54) is 0 Å². The molecule has 0 amide bonds. The third kappa shape index (κ3) is 4.25. The van der Waals surface area contributed by atoms with Crippen molar-refractivity contribution in [3.8, 4) is 11.8 Å². The first kappa shape index (κ1) is 22.4. The molecule has 0 bridgehead atoms. The Morgan fingerprint density at radius 1 is 1.26 bits per heavy atom. The van der Waals surface area contributed by atoms with Gasteiger partial charge in [-0.15, -0.1) is 0 Å². The molecule has 0 unspecified atom stereocenters. The predicted octanol–water partition coefficient (Wildman–Crippen LogP) is 2.86. The van der Waals surface area contributed by atoms with Gasteiger partial charge >= 0.3 is 0 Å². The van der Waals surface area contributed by atoms with Gasteiger partial charge in [-0.05, 0) is 31.0 Å². The van der Waals surface area contributed by atoms with E-state index in [4.69, 9.17) is 9.47 Å². The lowest BCUT2D eigenvalue weighted by molar-refractivity contribution is -0.0620. The van der Waals surface area contributed by atoms with E-state index in [2.05, 4.69) is 36.6 Å². The summed E-state index contributed by atoms with van der Waals surface area (Å²) in [5, 5.41) is 17.7. The van der Waals surface area contributed by atoms with E-state index < -0.39 is 7.14 Å². The SMILES string of the molecule is COc1cc(P2(=O)CCN(C3COC3)CC2)ccc1Nc1nc(NC2CC2)c2c(C#N)c[nH]c2n1. The molecule has 182 valence electrons. The molecule has 1 aliphatic carbocycles. The highest BCUT2D eigenvalue weighted by Gasteiger charge is 2.36. The van der Waals surface area contributed by atoms with Crippen molar-refractivity contribution in [1.82, 2.24) is 19.9 Å². The van der Waals surface area contributed by atoms with Crippen molar-refractivity contribution in [2.75, 3.05) is 56.4 Å². The van der Waals surface area contributed by atoms with E-state index >= 15 is 0 Å². The Bertz CT molecular complexity index is 1350. The van der Waals surface area contributed by atoms with Crippen molar-refractivity contribution < 1.29 is 14.0 Å². The highest BCUT2D eigenvalue weighted by molar-refractivity contribution is 7.71. The van der Waals surface area contributed by atoms with Crippen molar-refractivity contribution >= 4 is 40.9 Å². The molecule has 0 spiro atoms. The van der Waals surface area contributed by atoms with Crippen LogP contribution in [0.3, 0.4) is 0 Å². The van der Waals surface area contributed by atoms with Crippen molar-refractivity contribution in [3.05, 3.63) is 30.0 Å². The number of aromatic nitrogens is 3. The van der Waals surface area contributed by atoms with E-state index in [0.29, 0.717) is 64.2 Å². The standard InChI is InChI=1S/C24H28N7O3P/c1-33-20-10-18(35(32)8-6-31(7-9-35)17-13-34-14-17)4-5-19(20)28-24-29-22-21(15(11-25)12-26-22)23(30-24)27-16-2-3-16/h4-5,10,12,16-17H,2-3,6-9,13-14H2,1H3,(H3,26,27,28,29,30). The van der Waals surface area contributed by atoms with Gasteiger partial charge in [0.05, 0.1) is 43.0 Å². The number of aromatic amines is 1. The minimum Gasteiger partial charge on any atom is -0.495 e. The second kappa shape index (κ2) is 8.83. The molecule has 11 heteroatoms. The number of methoxy groups -OCH3 is 1. The van der Waals surface area contributed by atoms with Crippen molar-refractivity contribution in [2.24, 2.45) is 0 Å². The Kier molecular flexibility index (Phi) is 5.64. The number of fused-ring (bicyclic) bond motifs is 1. The normalized spacial score (nSPS) is 20.2. The summed E-state index contributed by atoms with van der Waals surface area (Å²) in [6, 6.07) is 8.75. The predicted molar refractivity (Wildman–Crippen MR) is 135 cm³/mol. The Balaban J connectivity index is 1.25. The number of H-pyrrole nitrogens is 1. The van der Waals surface area contributed by atoms with E-state index in [1.54, 1.807) is 13.3 Å². The number of benzene rings is 1. The van der Waals surface area contributed by atoms with Crippen LogP contribution < -0.4 is 20.7 Å². The molecule has 2 aliphatic heterocycles. The lowest BCUT2D eigenvalue weighted by atomic mass is 10.2. The highest BCUT2D eigenvalue weighted by Crippen LogP contribution is 2.48. The average molecular weight is 494 g/mol. The Morgan fingerprint density at radius 2 is 2.06 bits per heavy atom. The number of nitrogens with zero attached hydrogens (tertiary/aromatic N) is 4. The van der Waals surface area contributed by atoms with Gasteiger partial charge in [-0.1, -0.05) is 0 Å². The van der Waals surface area contributed by atoms with Crippen LogP contribution in [0.2, 0.25) is 0 Å². The van der Waals surface area contributed by atoms with E-state index in [-0.39, 0.29) is 0 Å². The molecule has 3 N–H and O–H groups in total. The molecule has 3 aromatic rings. The van der Waals surface area contributed by atoms with Crippen molar-refractivity contribution in [3.63, 3.8) is 0 Å². The van der Waals surface area contributed by atoms with Gasteiger partial charge in [0.2, 0.25) is 5.95 Å². The third-order valence-electron chi connectivity index (χ3n) is 7.11. The number of anilines is 3. The molecule has 1 saturated carbocycles. The van der Waals surface area contributed by atoms with Crippen molar-refractivity contribution in [1.29, 1.82) is 5.26 Å². The molecule has 35 heavy (non-hydrogen) atoms. The summed E-state index contributed by atoms with van der Waals surface area (Å²) in [7, 11) is -0.884. The Morgan fingerprint density at radius 3 is 2.71 bits per heavy atom. The minimum absolute atomic E-state index is 0.372. The second-order valence-electron chi connectivity index (χ2n) is 9.43. The van der Waals surface area contributed by atoms with Crippen LogP contribution in [0.1, 0.15) is 18.4 Å². The largest absolute Gasteiger partial charge is 0.495 e. The maximum absolute atomic E-state index is 13.8. The monoisotopic (exact) mass is 493 g/mol. The molecule has 2 aromatic heterocycles. The minimum atomic E-state index is -2.49. The fourth-order valence-electron chi connectivity index (χ4n) is 4.72. The zero-order valence-electron chi connectivity index (χ0n) is 19.6. The first-order valence-electron chi connectivity index (χ1n) is 12.0. The van der Waals surface area contributed by atoms with Crippen LogP contribution in [0.5, 0.6) is 5.75 Å². The molecular formula is C24H28N7O3P. The molecule has 3 fully saturated rings. The van der Waals surface area contributed by atoms with Gasteiger partial charge in [0.15, 0.2) is 0 Å². The molecule has 0 radical (unpaired) electrons. The van der Waals surface area contributed by atoms with Gasteiger partial charge in [0, 0.05) is 43.0 Å². The summed E-state index contributed by atoms with van der Waals surface area (Å²) in [4.78, 5) is 14.7. The van der Waals surface area contributed by atoms with Gasteiger partial charge in [-0.25, -0.2) is 0 Å². The third-order valence-corrected chi connectivity index (χ3v) is 10.2. The summed E-state index contributed by atoms with van der Waals surface area (Å²) >= 11 is 0. The summed E-state index contributed by atoms with van der Waals surface area (Å²) < 4.78 is 24.8. The van der Waals surface area contributed by atoms with Crippen LogP contribution in [0.15, 0.2) is 24.4 Å². The first-order valence-corrected chi connectivity index (χ1v) is 14.1. The maximum atomic E-state index is 13.8. The number of hydrogen-bond acceptors (Lipinski definition) is 9. The summed E-state index contributed by atoms with van der Waals surface area (Å²) in [6.07, 6.45) is 5.16. The topological polar surface area (TPSA) is 128 Å². The number of hydrogen-bond donors (Lipinski definition) is 3. The lowest BCUT2D eigenvalue weighted by Gasteiger charge is -2.41. The molecule has 6 rings (SSSR count). The van der Waals surface area contributed by atoms with Crippen LogP contribution in [0.4, 0.5) is 17.5 Å². The maximum Gasteiger partial charge on any atom is 0.231 e. The van der Waals surface area contributed by atoms with E-state index in [0.717, 1.165) is 44.4 Å². The van der Waals surface area contributed by atoms with Crippen LogP contribution >= 0.6 is 7.14 Å². The molecular weight excluding hydrogens is 465 g/mol. The van der Waals surface area contributed by atoms with Gasteiger partial charge in [-0.3, -0.25) is 4.90 Å². The number of nitriles is 1. The van der Waals surface area contributed by atoms with Crippen LogP contribution in [0.25, 0.3) is 11.0 Å². The first-order chi connectivity index (χ1) is 17.1. The highest BCUT2D eigenvalue weighted by atomic mass is 31.2. The Labute approximate surface area is 203 Å². The average Bonchev–Trinajstić information content (AvgIpc) is 3.55. The molecule has 3 aliphatic rings. The lowest BCUT2D eigenvalue weighted by Crippen LogP contribution is -2.52. The van der Waals surface area contributed by atoms with Crippen LogP contribution in [-0.2, 0) is 9.30 Å². The number of rotatable bonds is 7. The Hall–Kier alpha value is -3.12.